The average Bonchev–Trinajstić information content (AvgIpc) is 3.37. The molecule has 0 aliphatic carbocycles. The van der Waals surface area contributed by atoms with E-state index < -0.39 is 5.54 Å². The summed E-state index contributed by atoms with van der Waals surface area (Å²) in [7, 11) is 0. The van der Waals surface area contributed by atoms with Crippen molar-refractivity contribution in [2.45, 2.75) is 44.8 Å². The van der Waals surface area contributed by atoms with E-state index in [4.69, 9.17) is 9.47 Å². The van der Waals surface area contributed by atoms with E-state index in [0.717, 1.165) is 55.1 Å². The number of carbonyl (C=O) groups is 1. The second-order valence-electron chi connectivity index (χ2n) is 9.60. The molecule has 0 radical (unpaired) electrons. The van der Waals surface area contributed by atoms with E-state index in [1.54, 1.807) is 10.9 Å². The Morgan fingerprint density at radius 2 is 1.76 bits per heavy atom. The second kappa shape index (κ2) is 9.50. The van der Waals surface area contributed by atoms with Gasteiger partial charge in [-0.25, -0.2) is 0 Å². The van der Waals surface area contributed by atoms with Crippen molar-refractivity contribution in [1.29, 1.82) is 0 Å². The lowest BCUT2D eigenvalue weighted by Crippen LogP contribution is -2.51. The van der Waals surface area contributed by atoms with Crippen molar-refractivity contribution in [3.8, 4) is 22.6 Å². The van der Waals surface area contributed by atoms with Gasteiger partial charge in [0, 0.05) is 37.4 Å². The van der Waals surface area contributed by atoms with Crippen molar-refractivity contribution in [3.05, 3.63) is 66.5 Å². The van der Waals surface area contributed by atoms with Crippen LogP contribution in [-0.2, 0) is 16.9 Å². The molecule has 0 spiro atoms. The van der Waals surface area contributed by atoms with Gasteiger partial charge in [0.05, 0.1) is 6.20 Å². The molecule has 2 aliphatic heterocycles. The van der Waals surface area contributed by atoms with Crippen molar-refractivity contribution in [1.82, 2.24) is 20.0 Å². The summed E-state index contributed by atoms with van der Waals surface area (Å²) in [6.07, 6.45) is 5.63. The molecule has 0 saturated carbocycles. The molecule has 3 heterocycles. The van der Waals surface area contributed by atoms with Gasteiger partial charge in [0.2, 0.25) is 5.91 Å². The van der Waals surface area contributed by atoms with Crippen LogP contribution in [0.5, 0.6) is 11.5 Å². The van der Waals surface area contributed by atoms with Crippen LogP contribution >= 0.6 is 0 Å². The molecule has 1 saturated heterocycles. The molecule has 2 aromatic carbocycles. The monoisotopic (exact) mass is 460 g/mol. The molecular weight excluding hydrogens is 428 g/mol. The van der Waals surface area contributed by atoms with Gasteiger partial charge in [0.15, 0.2) is 11.5 Å². The summed E-state index contributed by atoms with van der Waals surface area (Å²) in [6.45, 7) is 7.87. The number of likely N-dealkylation sites (tertiary alicyclic amines) is 1. The Balaban J connectivity index is 1.19. The van der Waals surface area contributed by atoms with Gasteiger partial charge in [-0.2, -0.15) is 5.10 Å². The molecule has 7 nitrogen and oxygen atoms in total. The number of amides is 1. The lowest BCUT2D eigenvalue weighted by atomic mass is 10.00. The second-order valence-corrected chi connectivity index (χ2v) is 9.60. The number of carbonyl (C=O) groups excluding carboxylic acids is 1. The van der Waals surface area contributed by atoms with Crippen molar-refractivity contribution in [2.75, 3.05) is 26.3 Å². The Labute approximate surface area is 200 Å². The SMILES string of the molecule is CC(C)(C(=O)NC1CCN(Cc2ccccc2)CC1)n1cc(-c2ccc3c(c2)OCCO3)cn1. The number of nitrogens with one attached hydrogen (secondary N) is 1. The maximum absolute atomic E-state index is 13.2. The minimum atomic E-state index is -0.798. The van der Waals surface area contributed by atoms with E-state index in [1.165, 1.54) is 5.56 Å². The van der Waals surface area contributed by atoms with Gasteiger partial charge in [-0.1, -0.05) is 36.4 Å². The highest BCUT2D eigenvalue weighted by atomic mass is 16.6. The molecular formula is C27H32N4O3. The van der Waals surface area contributed by atoms with E-state index in [0.29, 0.717) is 13.2 Å². The number of piperidine rings is 1. The molecule has 3 aromatic rings. The molecule has 1 amide bonds. The molecule has 1 N–H and O–H groups in total. The molecule has 1 fully saturated rings. The first kappa shape index (κ1) is 22.5. The van der Waals surface area contributed by atoms with Crippen LogP contribution in [0.2, 0.25) is 0 Å². The number of hydrogen-bond donors (Lipinski definition) is 1. The average molecular weight is 461 g/mol. The molecule has 2 aliphatic rings. The maximum Gasteiger partial charge on any atom is 0.247 e. The lowest BCUT2D eigenvalue weighted by Gasteiger charge is -2.34. The summed E-state index contributed by atoms with van der Waals surface area (Å²) in [4.78, 5) is 15.7. The van der Waals surface area contributed by atoms with Crippen molar-refractivity contribution < 1.29 is 14.3 Å². The molecule has 5 rings (SSSR count). The number of ether oxygens (including phenoxy) is 2. The number of benzene rings is 2. The van der Waals surface area contributed by atoms with Crippen molar-refractivity contribution in [2.24, 2.45) is 0 Å². The molecule has 7 heteroatoms. The van der Waals surface area contributed by atoms with E-state index in [2.05, 4.69) is 39.6 Å². The molecule has 34 heavy (non-hydrogen) atoms. The quantitative estimate of drug-likeness (QED) is 0.605. The molecule has 1 aromatic heterocycles. The van der Waals surface area contributed by atoms with Gasteiger partial charge < -0.3 is 14.8 Å². The standard InChI is InChI=1S/C27H32N4O3/c1-27(2,26(32)29-23-10-12-30(13-11-23)18-20-6-4-3-5-7-20)31-19-22(17-28-31)21-8-9-24-25(16-21)34-15-14-33-24/h3-9,16-17,19,23H,10-15,18H2,1-2H3,(H,29,32). The van der Waals surface area contributed by atoms with Crippen LogP contribution in [0, 0.1) is 0 Å². The summed E-state index contributed by atoms with van der Waals surface area (Å²) in [5.41, 5.74) is 2.45. The lowest BCUT2D eigenvalue weighted by molar-refractivity contribution is -0.129. The topological polar surface area (TPSA) is 68.6 Å². The third-order valence-electron chi connectivity index (χ3n) is 6.76. The smallest absolute Gasteiger partial charge is 0.247 e. The highest BCUT2D eigenvalue weighted by Crippen LogP contribution is 2.34. The van der Waals surface area contributed by atoms with Gasteiger partial charge >= 0.3 is 0 Å². The first-order chi connectivity index (χ1) is 16.5. The molecule has 178 valence electrons. The highest BCUT2D eigenvalue weighted by molar-refractivity contribution is 5.84. The van der Waals surface area contributed by atoms with Crippen molar-refractivity contribution >= 4 is 5.91 Å². The van der Waals surface area contributed by atoms with E-state index in [9.17, 15) is 4.79 Å². The zero-order valence-electron chi connectivity index (χ0n) is 19.9. The minimum absolute atomic E-state index is 0.00849. The minimum Gasteiger partial charge on any atom is -0.486 e. The predicted octanol–water partition coefficient (Wildman–Crippen LogP) is 3.84. The summed E-state index contributed by atoms with van der Waals surface area (Å²) in [5.74, 6) is 1.50. The number of nitrogens with zero attached hydrogens (tertiary/aromatic N) is 3. The summed E-state index contributed by atoms with van der Waals surface area (Å²) in [5, 5.41) is 7.79. The third kappa shape index (κ3) is 4.80. The number of aromatic nitrogens is 2. The Kier molecular flexibility index (Phi) is 6.28. The first-order valence-electron chi connectivity index (χ1n) is 12.0. The van der Waals surface area contributed by atoms with Crippen LogP contribution in [0.4, 0.5) is 0 Å². The number of hydrogen-bond acceptors (Lipinski definition) is 5. The highest BCUT2D eigenvalue weighted by Gasteiger charge is 2.33. The van der Waals surface area contributed by atoms with Crippen LogP contribution < -0.4 is 14.8 Å². The predicted molar refractivity (Wildman–Crippen MR) is 131 cm³/mol. The van der Waals surface area contributed by atoms with E-state index in [1.807, 2.05) is 44.3 Å². The fraction of sp³-hybridized carbons (Fsp3) is 0.407. The summed E-state index contributed by atoms with van der Waals surface area (Å²) in [6, 6.07) is 16.6. The number of fused-ring (bicyclic) bond motifs is 1. The Morgan fingerprint density at radius 3 is 2.53 bits per heavy atom. The van der Waals surface area contributed by atoms with E-state index in [-0.39, 0.29) is 11.9 Å². The van der Waals surface area contributed by atoms with Crippen LogP contribution in [0.15, 0.2) is 60.9 Å². The molecule has 0 atom stereocenters. The Morgan fingerprint density at radius 1 is 1.03 bits per heavy atom. The first-order valence-corrected chi connectivity index (χ1v) is 12.0. The van der Waals surface area contributed by atoms with Gasteiger partial charge in [-0.05, 0) is 49.9 Å². The Hall–Kier alpha value is -3.32. The largest absolute Gasteiger partial charge is 0.486 e. The van der Waals surface area contributed by atoms with Crippen LogP contribution in [-0.4, -0.2) is 52.9 Å². The van der Waals surface area contributed by atoms with Gasteiger partial charge in [-0.15, -0.1) is 0 Å². The number of rotatable bonds is 6. The van der Waals surface area contributed by atoms with Crippen molar-refractivity contribution in [3.63, 3.8) is 0 Å². The molecule has 0 unspecified atom stereocenters. The summed E-state index contributed by atoms with van der Waals surface area (Å²) >= 11 is 0. The fourth-order valence-electron chi connectivity index (χ4n) is 4.54. The fourth-order valence-corrected chi connectivity index (χ4v) is 4.54. The van der Waals surface area contributed by atoms with E-state index >= 15 is 0 Å². The maximum atomic E-state index is 13.2. The Bertz CT molecular complexity index is 1130. The van der Waals surface area contributed by atoms with Gasteiger partial charge in [0.1, 0.15) is 18.8 Å². The van der Waals surface area contributed by atoms with Crippen LogP contribution in [0.3, 0.4) is 0 Å². The normalized spacial score (nSPS) is 16.9. The zero-order chi connectivity index (χ0) is 23.5. The van der Waals surface area contributed by atoms with Crippen LogP contribution in [0.1, 0.15) is 32.3 Å². The van der Waals surface area contributed by atoms with Gasteiger partial charge in [-0.3, -0.25) is 14.4 Å². The van der Waals surface area contributed by atoms with Gasteiger partial charge in [0.25, 0.3) is 0 Å². The van der Waals surface area contributed by atoms with Crippen LogP contribution in [0.25, 0.3) is 11.1 Å². The zero-order valence-corrected chi connectivity index (χ0v) is 19.9. The third-order valence-corrected chi connectivity index (χ3v) is 6.76. The summed E-state index contributed by atoms with van der Waals surface area (Å²) < 4.78 is 13.1. The molecule has 0 bridgehead atoms.